The number of amides is 4. The van der Waals surface area contributed by atoms with Crippen LogP contribution in [0.3, 0.4) is 0 Å². The molecule has 4 heterocycles. The Morgan fingerprint density at radius 2 is 1.90 bits per heavy atom. The molecule has 4 aromatic rings. The molecular weight excluding hydrogens is 518 g/mol. The lowest BCUT2D eigenvalue weighted by molar-refractivity contribution is -0.117. The Bertz CT molecular complexity index is 1590. The summed E-state index contributed by atoms with van der Waals surface area (Å²) in [6, 6.07) is 11.4. The smallest absolute Gasteiger partial charge is 0.331 e. The molecule has 39 heavy (non-hydrogen) atoms. The van der Waals surface area contributed by atoms with Gasteiger partial charge < -0.3 is 20.7 Å². The topological polar surface area (TPSA) is 138 Å². The van der Waals surface area contributed by atoms with E-state index in [1.807, 2.05) is 0 Å². The number of hydrogen-bond acceptors (Lipinski definition) is 8. The first-order chi connectivity index (χ1) is 19.0. The number of aromatic nitrogens is 3. The molecule has 6 rings (SSSR count). The van der Waals surface area contributed by atoms with Crippen LogP contribution in [-0.2, 0) is 4.79 Å². The van der Waals surface area contributed by atoms with E-state index in [9.17, 15) is 14.4 Å². The van der Waals surface area contributed by atoms with Crippen molar-refractivity contribution < 1.29 is 19.1 Å². The lowest BCUT2D eigenvalue weighted by Crippen LogP contribution is -2.48. The third-order valence-corrected chi connectivity index (χ3v) is 7.76. The van der Waals surface area contributed by atoms with Crippen LogP contribution >= 0.6 is 11.3 Å². The van der Waals surface area contributed by atoms with Gasteiger partial charge in [0.15, 0.2) is 0 Å². The zero-order valence-electron chi connectivity index (χ0n) is 20.6. The van der Waals surface area contributed by atoms with Gasteiger partial charge in [-0.3, -0.25) is 14.5 Å². The Balaban J connectivity index is 1.27. The van der Waals surface area contributed by atoms with Gasteiger partial charge >= 0.3 is 6.03 Å². The Morgan fingerprint density at radius 1 is 1.10 bits per heavy atom. The van der Waals surface area contributed by atoms with E-state index in [0.29, 0.717) is 43.8 Å². The summed E-state index contributed by atoms with van der Waals surface area (Å²) in [6.07, 6.45) is 6.79. The number of anilines is 3. The van der Waals surface area contributed by atoms with E-state index in [1.54, 1.807) is 54.9 Å². The molecule has 2 aliphatic rings. The molecule has 1 aliphatic heterocycles. The SMILES string of the molecule is C=CC(=O)N[C@H]1CCC[C@H]1NC(=O)c1sc2nccc3c2c1NC(=O)N3c1ccc(Oc2cccnn2)cc1. The highest BCUT2D eigenvalue weighted by atomic mass is 32.1. The van der Waals surface area contributed by atoms with Crippen molar-refractivity contribution in [2.45, 2.75) is 31.3 Å². The van der Waals surface area contributed by atoms with E-state index < -0.39 is 6.03 Å². The molecule has 1 aliphatic carbocycles. The van der Waals surface area contributed by atoms with Crippen molar-refractivity contribution in [2.75, 3.05) is 10.2 Å². The number of nitrogens with one attached hydrogen (secondary N) is 3. The van der Waals surface area contributed by atoms with E-state index in [1.165, 1.54) is 22.3 Å². The van der Waals surface area contributed by atoms with Crippen LogP contribution in [0.25, 0.3) is 10.2 Å². The molecule has 12 heteroatoms. The quantitative estimate of drug-likeness (QED) is 0.293. The van der Waals surface area contributed by atoms with Gasteiger partial charge in [0.1, 0.15) is 15.5 Å². The summed E-state index contributed by atoms with van der Waals surface area (Å²) >= 11 is 1.22. The van der Waals surface area contributed by atoms with Gasteiger partial charge in [-0.25, -0.2) is 9.78 Å². The lowest BCUT2D eigenvalue weighted by Gasteiger charge is -2.28. The van der Waals surface area contributed by atoms with Crippen molar-refractivity contribution in [1.82, 2.24) is 25.8 Å². The number of carbonyl (C=O) groups excluding carboxylic acids is 3. The van der Waals surface area contributed by atoms with Gasteiger partial charge in [0.05, 0.1) is 22.4 Å². The fourth-order valence-electron chi connectivity index (χ4n) is 4.91. The van der Waals surface area contributed by atoms with Crippen molar-refractivity contribution in [3.63, 3.8) is 0 Å². The van der Waals surface area contributed by atoms with Crippen molar-refractivity contribution in [3.8, 4) is 11.6 Å². The van der Waals surface area contributed by atoms with E-state index >= 15 is 0 Å². The average molecular weight is 542 g/mol. The lowest BCUT2D eigenvalue weighted by atomic mass is 10.1. The highest BCUT2D eigenvalue weighted by molar-refractivity contribution is 7.21. The standard InChI is InChI=1S/C27H23N7O4S/c1-2-20(35)30-17-5-3-6-18(17)31-25(36)24-23-22-19(12-14-28-26(22)39-24)34(27(37)32-23)15-8-10-16(11-9-15)38-21-7-4-13-29-33-21/h2,4,7-14,17-18H,1,3,5-6H2,(H,30,35)(H,31,36)(H,32,37)/t17-,18+/m0/s1. The molecule has 0 spiro atoms. The van der Waals surface area contributed by atoms with Crippen LogP contribution in [0.5, 0.6) is 11.6 Å². The molecule has 1 saturated carbocycles. The van der Waals surface area contributed by atoms with Gasteiger partial charge in [0.2, 0.25) is 11.8 Å². The largest absolute Gasteiger partial charge is 0.438 e. The molecule has 1 fully saturated rings. The van der Waals surface area contributed by atoms with Crippen molar-refractivity contribution >= 4 is 56.5 Å². The van der Waals surface area contributed by atoms with Crippen LogP contribution in [-0.4, -0.2) is 45.1 Å². The summed E-state index contributed by atoms with van der Waals surface area (Å²) in [5.41, 5.74) is 1.67. The second kappa shape index (κ2) is 10.1. The Hall–Kier alpha value is -4.84. The van der Waals surface area contributed by atoms with Crippen LogP contribution in [0.2, 0.25) is 0 Å². The van der Waals surface area contributed by atoms with Crippen LogP contribution < -0.4 is 25.6 Å². The first-order valence-electron chi connectivity index (χ1n) is 12.3. The zero-order chi connectivity index (χ0) is 26.9. The van der Waals surface area contributed by atoms with Crippen molar-refractivity contribution in [3.05, 3.63) is 72.4 Å². The second-order valence-electron chi connectivity index (χ2n) is 9.07. The summed E-state index contributed by atoms with van der Waals surface area (Å²) in [5, 5.41) is 17.2. The molecule has 2 atom stereocenters. The number of urea groups is 1. The summed E-state index contributed by atoms with van der Waals surface area (Å²) in [4.78, 5) is 45.5. The predicted molar refractivity (Wildman–Crippen MR) is 147 cm³/mol. The molecule has 196 valence electrons. The molecule has 3 N–H and O–H groups in total. The summed E-state index contributed by atoms with van der Waals surface area (Å²) in [5.74, 6) is 0.314. The van der Waals surface area contributed by atoms with Gasteiger partial charge in [-0.1, -0.05) is 6.58 Å². The molecule has 0 saturated heterocycles. The number of rotatable bonds is 7. The van der Waals surface area contributed by atoms with E-state index in [2.05, 4.69) is 37.7 Å². The molecule has 0 radical (unpaired) electrons. The molecular formula is C27H23N7O4S. The first-order valence-corrected chi connectivity index (χ1v) is 13.2. The number of nitrogens with zero attached hydrogens (tertiary/aromatic N) is 4. The number of pyridine rings is 1. The fraction of sp³-hybridized carbons (Fsp3) is 0.185. The van der Waals surface area contributed by atoms with Crippen molar-refractivity contribution in [1.29, 1.82) is 0 Å². The third kappa shape index (κ3) is 4.66. The highest BCUT2D eigenvalue weighted by Gasteiger charge is 2.35. The molecule has 0 unspecified atom stereocenters. The van der Waals surface area contributed by atoms with Gasteiger partial charge in [0, 0.05) is 30.5 Å². The molecule has 0 bridgehead atoms. The maximum atomic E-state index is 13.4. The number of hydrogen-bond donors (Lipinski definition) is 3. The second-order valence-corrected chi connectivity index (χ2v) is 10.1. The predicted octanol–water partition coefficient (Wildman–Crippen LogP) is 4.52. The van der Waals surface area contributed by atoms with Gasteiger partial charge in [0.25, 0.3) is 5.91 Å². The van der Waals surface area contributed by atoms with Crippen LogP contribution in [0.4, 0.5) is 21.9 Å². The van der Waals surface area contributed by atoms with E-state index in [0.717, 1.165) is 19.3 Å². The highest BCUT2D eigenvalue weighted by Crippen LogP contribution is 2.46. The zero-order valence-corrected chi connectivity index (χ0v) is 21.4. The summed E-state index contributed by atoms with van der Waals surface area (Å²) in [6.45, 7) is 3.49. The van der Waals surface area contributed by atoms with Crippen molar-refractivity contribution in [2.24, 2.45) is 0 Å². The molecule has 3 aromatic heterocycles. The van der Waals surface area contributed by atoms with Crippen LogP contribution in [0.15, 0.2) is 67.5 Å². The van der Waals surface area contributed by atoms with Crippen LogP contribution in [0, 0.1) is 0 Å². The maximum absolute atomic E-state index is 13.4. The first kappa shape index (κ1) is 24.5. The number of ether oxygens (including phenoxy) is 1. The average Bonchev–Trinajstić information content (AvgIpc) is 3.54. The Labute approximate surface area is 226 Å². The molecule has 4 amide bonds. The monoisotopic (exact) mass is 541 g/mol. The summed E-state index contributed by atoms with van der Waals surface area (Å²) < 4.78 is 5.71. The minimum Gasteiger partial charge on any atom is -0.438 e. The van der Waals surface area contributed by atoms with Gasteiger partial charge in [-0.15, -0.1) is 16.4 Å². The van der Waals surface area contributed by atoms with Gasteiger partial charge in [-0.05, 0) is 61.7 Å². The minimum atomic E-state index is -0.401. The van der Waals surface area contributed by atoms with Gasteiger partial charge in [-0.2, -0.15) is 5.10 Å². The number of thiophene rings is 1. The maximum Gasteiger partial charge on any atom is 0.331 e. The molecule has 1 aromatic carbocycles. The van der Waals surface area contributed by atoms with E-state index in [-0.39, 0.29) is 23.9 Å². The fourth-order valence-corrected chi connectivity index (χ4v) is 5.93. The molecule has 11 nitrogen and oxygen atoms in total. The Kier molecular flexibility index (Phi) is 6.37. The minimum absolute atomic E-state index is 0.176. The van der Waals surface area contributed by atoms with E-state index in [4.69, 9.17) is 4.74 Å². The number of benzene rings is 1. The Morgan fingerprint density at radius 3 is 2.64 bits per heavy atom. The normalized spacial score (nSPS) is 17.9. The third-order valence-electron chi connectivity index (χ3n) is 6.66. The summed E-state index contributed by atoms with van der Waals surface area (Å²) in [7, 11) is 0. The van der Waals surface area contributed by atoms with Crippen LogP contribution in [0.1, 0.15) is 28.9 Å². The number of carbonyl (C=O) groups is 3.